The molecule has 0 rings (SSSR count). The third-order valence-corrected chi connectivity index (χ3v) is 11.6. The molecular weight excluding hydrogens is 757 g/mol. The molecule has 1 unspecified atom stereocenters. The Hall–Kier alpha value is -2.37. The first-order chi connectivity index (χ1) is 30.0. The number of unbranched alkanes of at least 4 members (excludes halogenated alkanes) is 32. The maximum absolute atomic E-state index is 12.8. The third kappa shape index (κ3) is 48.5. The zero-order chi connectivity index (χ0) is 44.4. The van der Waals surface area contributed by atoms with Gasteiger partial charge in [0.1, 0.15) is 13.2 Å². The topological polar surface area (TPSA) is 78.9 Å². The Balaban J connectivity index is 4.30. The van der Waals surface area contributed by atoms with Gasteiger partial charge in [-0.15, -0.1) is 0 Å². The molecule has 0 amide bonds. The van der Waals surface area contributed by atoms with Crippen LogP contribution in [-0.2, 0) is 28.6 Å². The van der Waals surface area contributed by atoms with Crippen LogP contribution in [0.15, 0.2) is 36.5 Å². The van der Waals surface area contributed by atoms with Gasteiger partial charge in [0, 0.05) is 19.3 Å². The van der Waals surface area contributed by atoms with Gasteiger partial charge in [-0.3, -0.25) is 14.4 Å². The Morgan fingerprint density at radius 2 is 0.590 bits per heavy atom. The maximum atomic E-state index is 12.8. The Morgan fingerprint density at radius 3 is 0.951 bits per heavy atom. The van der Waals surface area contributed by atoms with Crippen molar-refractivity contribution in [1.29, 1.82) is 0 Å². The second kappa shape index (κ2) is 50.3. The van der Waals surface area contributed by atoms with Gasteiger partial charge in [-0.2, -0.15) is 0 Å². The molecule has 61 heavy (non-hydrogen) atoms. The van der Waals surface area contributed by atoms with Gasteiger partial charge >= 0.3 is 17.9 Å². The van der Waals surface area contributed by atoms with Crippen LogP contribution in [0.5, 0.6) is 0 Å². The lowest BCUT2D eigenvalue weighted by Crippen LogP contribution is -2.30. The smallest absolute Gasteiger partial charge is 0.306 e. The fourth-order valence-corrected chi connectivity index (χ4v) is 7.60. The van der Waals surface area contributed by atoms with E-state index in [4.69, 9.17) is 14.2 Å². The van der Waals surface area contributed by atoms with Crippen LogP contribution in [-0.4, -0.2) is 37.2 Å². The van der Waals surface area contributed by atoms with E-state index in [1.807, 2.05) is 0 Å². The molecule has 0 aromatic rings. The maximum Gasteiger partial charge on any atom is 0.306 e. The lowest BCUT2D eigenvalue weighted by Gasteiger charge is -2.18. The zero-order valence-corrected chi connectivity index (χ0v) is 40.7. The number of carbonyl (C=O) groups excluding carboxylic acids is 3. The summed E-state index contributed by atoms with van der Waals surface area (Å²) in [6, 6.07) is 0. The molecule has 0 bridgehead atoms. The van der Waals surface area contributed by atoms with Crippen molar-refractivity contribution in [1.82, 2.24) is 0 Å². The Labute approximate surface area is 378 Å². The van der Waals surface area contributed by atoms with Crippen LogP contribution in [0.3, 0.4) is 0 Å². The first-order valence-corrected chi connectivity index (χ1v) is 26.5. The average Bonchev–Trinajstić information content (AvgIpc) is 3.26. The van der Waals surface area contributed by atoms with E-state index >= 15 is 0 Å². The van der Waals surface area contributed by atoms with Gasteiger partial charge in [0.15, 0.2) is 6.10 Å². The summed E-state index contributed by atoms with van der Waals surface area (Å²) in [6.45, 7) is 6.60. The summed E-state index contributed by atoms with van der Waals surface area (Å²) in [4.78, 5) is 37.9. The van der Waals surface area contributed by atoms with Crippen LogP contribution in [0.25, 0.3) is 0 Å². The fourth-order valence-electron chi connectivity index (χ4n) is 7.60. The monoisotopic (exact) mass is 857 g/mol. The molecule has 0 N–H and O–H groups in total. The molecule has 0 aromatic carbocycles. The summed E-state index contributed by atoms with van der Waals surface area (Å²) in [7, 11) is 0. The molecular formula is C55H100O6. The van der Waals surface area contributed by atoms with Crippen molar-refractivity contribution in [3.63, 3.8) is 0 Å². The highest BCUT2D eigenvalue weighted by atomic mass is 16.6. The van der Waals surface area contributed by atoms with Gasteiger partial charge in [-0.25, -0.2) is 0 Å². The average molecular weight is 857 g/mol. The SMILES string of the molecule is CCCCC/C=C\C=C/CCCCCCCCC(=O)OC(COC(=O)CCCCCCCCC/C=C\CCCCCCCCCC)COC(=O)CCCCCCCCCCC. The molecule has 0 fully saturated rings. The summed E-state index contributed by atoms with van der Waals surface area (Å²) in [5.41, 5.74) is 0. The number of hydrogen-bond donors (Lipinski definition) is 0. The highest BCUT2D eigenvalue weighted by Crippen LogP contribution is 2.15. The van der Waals surface area contributed by atoms with E-state index in [0.717, 1.165) is 64.2 Å². The summed E-state index contributed by atoms with van der Waals surface area (Å²) >= 11 is 0. The summed E-state index contributed by atoms with van der Waals surface area (Å²) in [5.74, 6) is -0.885. The summed E-state index contributed by atoms with van der Waals surface area (Å²) < 4.78 is 16.8. The number of ether oxygens (including phenoxy) is 3. The van der Waals surface area contributed by atoms with Gasteiger partial charge in [-0.1, -0.05) is 224 Å². The van der Waals surface area contributed by atoms with Gasteiger partial charge < -0.3 is 14.2 Å². The third-order valence-electron chi connectivity index (χ3n) is 11.6. The highest BCUT2D eigenvalue weighted by Gasteiger charge is 2.19. The van der Waals surface area contributed by atoms with Crippen molar-refractivity contribution in [2.45, 2.75) is 284 Å². The first-order valence-electron chi connectivity index (χ1n) is 26.5. The molecule has 0 saturated heterocycles. The van der Waals surface area contributed by atoms with Crippen LogP contribution in [0, 0.1) is 0 Å². The quantitative estimate of drug-likeness (QED) is 0.0199. The van der Waals surface area contributed by atoms with E-state index in [1.165, 1.54) is 173 Å². The van der Waals surface area contributed by atoms with E-state index in [2.05, 4.69) is 57.2 Å². The number of hydrogen-bond acceptors (Lipinski definition) is 6. The molecule has 1 atom stereocenters. The first kappa shape index (κ1) is 58.6. The number of carbonyl (C=O) groups is 3. The van der Waals surface area contributed by atoms with Crippen LogP contribution < -0.4 is 0 Å². The lowest BCUT2D eigenvalue weighted by atomic mass is 10.1. The highest BCUT2D eigenvalue weighted by molar-refractivity contribution is 5.71. The molecule has 0 aliphatic heterocycles. The van der Waals surface area contributed by atoms with Gasteiger partial charge in [0.2, 0.25) is 0 Å². The molecule has 0 aliphatic carbocycles. The molecule has 0 spiro atoms. The fraction of sp³-hybridized carbons (Fsp3) is 0.836. The second-order valence-electron chi connectivity index (χ2n) is 17.8. The largest absolute Gasteiger partial charge is 0.462 e. The molecule has 356 valence electrons. The predicted molar refractivity (Wildman–Crippen MR) is 261 cm³/mol. The van der Waals surface area contributed by atoms with E-state index in [-0.39, 0.29) is 31.1 Å². The molecule has 0 saturated carbocycles. The lowest BCUT2D eigenvalue weighted by molar-refractivity contribution is -0.167. The van der Waals surface area contributed by atoms with Crippen molar-refractivity contribution in [2.24, 2.45) is 0 Å². The predicted octanol–water partition coefficient (Wildman–Crippen LogP) is 17.3. The summed E-state index contributed by atoms with van der Waals surface area (Å²) in [5, 5.41) is 0. The Bertz CT molecular complexity index is 1030. The van der Waals surface area contributed by atoms with Gasteiger partial charge in [0.05, 0.1) is 0 Å². The number of rotatable bonds is 48. The van der Waals surface area contributed by atoms with Crippen molar-refractivity contribution in [3.8, 4) is 0 Å². The Morgan fingerprint density at radius 1 is 0.328 bits per heavy atom. The molecule has 0 aliphatic rings. The van der Waals surface area contributed by atoms with Crippen LogP contribution in [0.1, 0.15) is 278 Å². The second-order valence-corrected chi connectivity index (χ2v) is 17.8. The van der Waals surface area contributed by atoms with E-state index in [1.54, 1.807) is 0 Å². The number of allylic oxidation sites excluding steroid dienone is 6. The molecule has 0 heterocycles. The van der Waals surface area contributed by atoms with E-state index in [9.17, 15) is 14.4 Å². The molecule has 0 aromatic heterocycles. The molecule has 0 radical (unpaired) electrons. The normalized spacial score (nSPS) is 12.2. The van der Waals surface area contributed by atoms with Crippen LogP contribution >= 0.6 is 0 Å². The zero-order valence-electron chi connectivity index (χ0n) is 40.7. The van der Waals surface area contributed by atoms with Crippen molar-refractivity contribution >= 4 is 17.9 Å². The standard InChI is InChI=1S/C55H100O6/c1-4-7-10-13-16-19-21-23-25-26-27-28-30-31-33-36-39-42-45-48-54(57)60-51-52(50-59-53(56)47-44-41-38-35-18-15-12-9-6-3)61-55(58)49-46-43-40-37-34-32-29-24-22-20-17-14-11-8-5-2/h17,20,22,24,26-27,52H,4-16,18-19,21,23,25,28-51H2,1-3H3/b20-17-,24-22-,27-26-. The minimum absolute atomic E-state index is 0.0760. The van der Waals surface area contributed by atoms with Crippen LogP contribution in [0.4, 0.5) is 0 Å². The van der Waals surface area contributed by atoms with Gasteiger partial charge in [-0.05, 0) is 70.6 Å². The minimum Gasteiger partial charge on any atom is -0.462 e. The minimum atomic E-state index is -0.775. The van der Waals surface area contributed by atoms with E-state index in [0.29, 0.717) is 19.3 Å². The molecule has 6 heteroatoms. The van der Waals surface area contributed by atoms with Crippen molar-refractivity contribution < 1.29 is 28.6 Å². The van der Waals surface area contributed by atoms with Gasteiger partial charge in [0.25, 0.3) is 0 Å². The van der Waals surface area contributed by atoms with Crippen molar-refractivity contribution in [2.75, 3.05) is 13.2 Å². The Kier molecular flexibility index (Phi) is 48.3. The van der Waals surface area contributed by atoms with Crippen molar-refractivity contribution in [3.05, 3.63) is 36.5 Å². The van der Waals surface area contributed by atoms with E-state index < -0.39 is 6.10 Å². The van der Waals surface area contributed by atoms with Crippen LogP contribution in [0.2, 0.25) is 0 Å². The molecule has 6 nitrogen and oxygen atoms in total. The summed E-state index contributed by atoms with van der Waals surface area (Å²) in [6.07, 6.45) is 58.5. The number of esters is 3.